The number of fused-ring (bicyclic) bond motifs is 2. The summed E-state index contributed by atoms with van der Waals surface area (Å²) in [5.41, 5.74) is 2.07. The van der Waals surface area contributed by atoms with E-state index in [0.717, 1.165) is 30.6 Å². The van der Waals surface area contributed by atoms with Crippen LogP contribution in [0.2, 0.25) is 0 Å². The molecular weight excluding hydrogens is 372 g/mol. The molecule has 1 aromatic rings. The number of benzene rings is 1. The number of aliphatic carboxylic acids is 1. The SMILES string of the molecule is COCC(=O)N1CCC2(CC1)CNc1ccc(F)cc12.O=C(O)C(F)(F)F. The third-order valence-electron chi connectivity index (χ3n) is 4.75. The van der Waals surface area contributed by atoms with Crippen LogP contribution in [0.3, 0.4) is 0 Å². The molecule has 0 unspecified atom stereocenters. The van der Waals surface area contributed by atoms with Gasteiger partial charge in [0.15, 0.2) is 0 Å². The van der Waals surface area contributed by atoms with E-state index in [-0.39, 0.29) is 23.7 Å². The van der Waals surface area contributed by atoms with Gasteiger partial charge >= 0.3 is 12.1 Å². The fourth-order valence-electron chi connectivity index (χ4n) is 3.31. The lowest BCUT2D eigenvalue weighted by Gasteiger charge is -2.39. The summed E-state index contributed by atoms with van der Waals surface area (Å²) in [5, 5.41) is 10.5. The Hall–Kier alpha value is -2.36. The number of hydrogen-bond donors (Lipinski definition) is 2. The molecule has 0 bridgehead atoms. The van der Waals surface area contributed by atoms with Crippen LogP contribution in [0.1, 0.15) is 18.4 Å². The van der Waals surface area contributed by atoms with Gasteiger partial charge in [0.2, 0.25) is 5.91 Å². The van der Waals surface area contributed by atoms with E-state index in [1.807, 2.05) is 11.0 Å². The van der Waals surface area contributed by atoms with E-state index in [9.17, 15) is 22.4 Å². The van der Waals surface area contributed by atoms with Crippen LogP contribution in [0, 0.1) is 5.82 Å². The van der Waals surface area contributed by atoms with Crippen LogP contribution in [0.4, 0.5) is 23.2 Å². The molecule has 6 nitrogen and oxygen atoms in total. The van der Waals surface area contributed by atoms with Crippen LogP contribution in [0.15, 0.2) is 18.2 Å². The average molecular weight is 392 g/mol. The molecule has 0 radical (unpaired) electrons. The number of anilines is 1. The normalized spacial score (nSPS) is 17.6. The monoisotopic (exact) mass is 392 g/mol. The molecule has 2 aliphatic heterocycles. The topological polar surface area (TPSA) is 78.9 Å². The number of carboxylic acid groups (broad SMARTS) is 1. The summed E-state index contributed by atoms with van der Waals surface area (Å²) >= 11 is 0. The zero-order chi connectivity index (χ0) is 20.2. The van der Waals surface area contributed by atoms with Gasteiger partial charge in [-0.15, -0.1) is 0 Å². The maximum absolute atomic E-state index is 13.5. The molecule has 2 aliphatic rings. The van der Waals surface area contributed by atoms with E-state index in [1.54, 1.807) is 6.07 Å². The van der Waals surface area contributed by atoms with E-state index in [4.69, 9.17) is 14.6 Å². The lowest BCUT2D eigenvalue weighted by Crippen LogP contribution is -2.47. The minimum Gasteiger partial charge on any atom is -0.475 e. The van der Waals surface area contributed by atoms with Crippen molar-refractivity contribution in [2.75, 3.05) is 38.7 Å². The van der Waals surface area contributed by atoms with E-state index in [0.29, 0.717) is 13.1 Å². The summed E-state index contributed by atoms with van der Waals surface area (Å²) < 4.78 is 50.1. The van der Waals surface area contributed by atoms with Gasteiger partial charge in [0.05, 0.1) is 0 Å². The van der Waals surface area contributed by atoms with E-state index >= 15 is 0 Å². The molecule has 0 atom stereocenters. The summed E-state index contributed by atoms with van der Waals surface area (Å²) in [4.78, 5) is 22.6. The molecule has 0 aliphatic carbocycles. The zero-order valence-corrected chi connectivity index (χ0v) is 14.6. The summed E-state index contributed by atoms with van der Waals surface area (Å²) in [6, 6.07) is 4.94. The second-order valence-corrected chi connectivity index (χ2v) is 6.44. The molecule has 0 saturated carbocycles. The predicted octanol–water partition coefficient (Wildman–Crippen LogP) is 2.39. The van der Waals surface area contributed by atoms with Crippen molar-refractivity contribution in [3.8, 4) is 0 Å². The van der Waals surface area contributed by atoms with Gasteiger partial charge in [-0.25, -0.2) is 9.18 Å². The molecule has 10 heteroatoms. The first-order valence-electron chi connectivity index (χ1n) is 8.20. The fourth-order valence-corrected chi connectivity index (χ4v) is 3.31. The highest BCUT2D eigenvalue weighted by Gasteiger charge is 2.42. The van der Waals surface area contributed by atoms with Crippen LogP contribution < -0.4 is 5.32 Å². The van der Waals surface area contributed by atoms with Crippen molar-refractivity contribution >= 4 is 17.6 Å². The highest BCUT2D eigenvalue weighted by Crippen LogP contribution is 2.44. The molecule has 2 N–H and O–H groups in total. The largest absolute Gasteiger partial charge is 0.490 e. The summed E-state index contributed by atoms with van der Waals surface area (Å²) in [6.07, 6.45) is -3.35. The molecule has 150 valence electrons. The van der Waals surface area contributed by atoms with Gasteiger partial charge in [0, 0.05) is 37.8 Å². The first-order valence-corrected chi connectivity index (χ1v) is 8.20. The van der Waals surface area contributed by atoms with E-state index in [2.05, 4.69) is 5.32 Å². The van der Waals surface area contributed by atoms with Crippen molar-refractivity contribution in [2.24, 2.45) is 0 Å². The molecule has 1 spiro atoms. The van der Waals surface area contributed by atoms with Gasteiger partial charge < -0.3 is 20.1 Å². The number of amides is 1. The number of rotatable bonds is 2. The molecule has 1 saturated heterocycles. The van der Waals surface area contributed by atoms with Crippen LogP contribution in [0.5, 0.6) is 0 Å². The third kappa shape index (κ3) is 4.88. The van der Waals surface area contributed by atoms with Crippen LogP contribution >= 0.6 is 0 Å². The molecule has 0 aromatic heterocycles. The number of likely N-dealkylation sites (tertiary alicyclic amines) is 1. The van der Waals surface area contributed by atoms with Crippen molar-refractivity contribution in [3.05, 3.63) is 29.6 Å². The van der Waals surface area contributed by atoms with Crippen LogP contribution in [-0.2, 0) is 19.7 Å². The number of piperidine rings is 1. The van der Waals surface area contributed by atoms with Crippen molar-refractivity contribution in [1.82, 2.24) is 4.90 Å². The van der Waals surface area contributed by atoms with Crippen molar-refractivity contribution < 1.29 is 37.0 Å². The molecule has 1 fully saturated rings. The van der Waals surface area contributed by atoms with Gasteiger partial charge in [-0.1, -0.05) is 0 Å². The fraction of sp³-hybridized carbons (Fsp3) is 0.529. The maximum atomic E-state index is 13.5. The summed E-state index contributed by atoms with van der Waals surface area (Å²) in [7, 11) is 1.53. The summed E-state index contributed by atoms with van der Waals surface area (Å²) in [5.74, 6) is -2.91. The van der Waals surface area contributed by atoms with Crippen molar-refractivity contribution in [1.29, 1.82) is 0 Å². The Labute approximate surface area is 153 Å². The van der Waals surface area contributed by atoms with Gasteiger partial charge in [-0.2, -0.15) is 13.2 Å². The number of carbonyl (C=O) groups is 2. The first kappa shape index (κ1) is 20.9. The standard InChI is InChI=1S/C15H19FN2O2.C2HF3O2/c1-20-9-14(19)18-6-4-15(5-7-18)10-17-13-3-2-11(16)8-12(13)15;3-2(4,5)1(6)7/h2-3,8,17H,4-7,9-10H2,1H3;(H,6,7). The number of alkyl halides is 3. The van der Waals surface area contributed by atoms with Gasteiger partial charge in [0.1, 0.15) is 12.4 Å². The summed E-state index contributed by atoms with van der Waals surface area (Å²) in [6.45, 7) is 2.38. The molecule has 1 amide bonds. The first-order chi connectivity index (χ1) is 12.6. The number of ether oxygens (including phenoxy) is 1. The highest BCUT2D eigenvalue weighted by atomic mass is 19.4. The highest BCUT2D eigenvalue weighted by molar-refractivity contribution is 5.77. The average Bonchev–Trinajstić information content (AvgIpc) is 2.93. The molecule has 3 rings (SSSR count). The number of nitrogens with one attached hydrogen (secondary N) is 1. The third-order valence-corrected chi connectivity index (χ3v) is 4.75. The molecular formula is C17H20F4N2O4. The number of carbonyl (C=O) groups excluding carboxylic acids is 1. The lowest BCUT2D eigenvalue weighted by molar-refractivity contribution is -0.192. The quantitative estimate of drug-likeness (QED) is 0.756. The molecule has 2 heterocycles. The smallest absolute Gasteiger partial charge is 0.475 e. The Bertz CT molecular complexity index is 701. The number of hydrogen-bond acceptors (Lipinski definition) is 4. The molecule has 1 aromatic carbocycles. The maximum Gasteiger partial charge on any atom is 0.490 e. The minimum atomic E-state index is -5.08. The number of nitrogens with zero attached hydrogens (tertiary/aromatic N) is 1. The number of halogens is 4. The Morgan fingerprint density at radius 2 is 1.89 bits per heavy atom. The van der Waals surface area contributed by atoms with Crippen molar-refractivity contribution in [2.45, 2.75) is 24.4 Å². The van der Waals surface area contributed by atoms with Crippen molar-refractivity contribution in [3.63, 3.8) is 0 Å². The second-order valence-electron chi connectivity index (χ2n) is 6.44. The van der Waals surface area contributed by atoms with Crippen LogP contribution in [-0.4, -0.2) is 61.4 Å². The van der Waals surface area contributed by atoms with E-state index in [1.165, 1.54) is 13.2 Å². The Morgan fingerprint density at radius 3 is 2.41 bits per heavy atom. The zero-order valence-electron chi connectivity index (χ0n) is 14.6. The number of methoxy groups -OCH3 is 1. The Balaban J connectivity index is 0.000000321. The van der Waals surface area contributed by atoms with Gasteiger partial charge in [0.25, 0.3) is 0 Å². The Morgan fingerprint density at radius 1 is 1.30 bits per heavy atom. The molecule has 27 heavy (non-hydrogen) atoms. The van der Waals surface area contributed by atoms with Crippen LogP contribution in [0.25, 0.3) is 0 Å². The van der Waals surface area contributed by atoms with Gasteiger partial charge in [-0.05, 0) is 36.6 Å². The predicted molar refractivity (Wildman–Crippen MR) is 87.9 cm³/mol. The lowest BCUT2D eigenvalue weighted by atomic mass is 9.74. The second kappa shape index (κ2) is 8.12. The Kier molecular flexibility index (Phi) is 6.30. The van der Waals surface area contributed by atoms with E-state index < -0.39 is 12.1 Å². The minimum absolute atomic E-state index is 0.0265. The van der Waals surface area contributed by atoms with Gasteiger partial charge in [-0.3, -0.25) is 4.79 Å². The number of carboxylic acids is 1.